The molecule has 2 aromatic rings. The van der Waals surface area contributed by atoms with Crippen molar-refractivity contribution >= 4 is 6.29 Å². The van der Waals surface area contributed by atoms with E-state index in [-0.39, 0.29) is 5.88 Å². The zero-order valence-corrected chi connectivity index (χ0v) is 8.84. The molecule has 4 nitrogen and oxygen atoms in total. The maximum Gasteiger partial charge on any atom is 0.265 e. The maximum atomic E-state index is 10.7. The Kier molecular flexibility index (Phi) is 3.00. The van der Waals surface area contributed by atoms with E-state index >= 15 is 0 Å². The van der Waals surface area contributed by atoms with Crippen molar-refractivity contribution in [3.8, 4) is 5.88 Å². The van der Waals surface area contributed by atoms with Gasteiger partial charge >= 0.3 is 0 Å². The molecule has 0 fully saturated rings. The third-order valence-electron chi connectivity index (χ3n) is 2.21. The smallest absolute Gasteiger partial charge is 0.265 e. The molecular weight excluding hydrogens is 206 g/mol. The molecule has 0 saturated carbocycles. The average Bonchev–Trinajstić information content (AvgIpc) is 2.68. The van der Waals surface area contributed by atoms with Crippen LogP contribution in [0.4, 0.5) is 0 Å². The summed E-state index contributed by atoms with van der Waals surface area (Å²) < 4.78 is 10.3. The van der Waals surface area contributed by atoms with Gasteiger partial charge in [-0.05, 0) is 17.6 Å². The number of ether oxygens (including phenoxy) is 1. The molecule has 1 aromatic heterocycles. The number of hydrogen-bond acceptors (Lipinski definition) is 4. The molecule has 2 rings (SSSR count). The molecule has 0 amide bonds. The normalized spacial score (nSPS) is 10.1. The Balaban J connectivity index is 2.08. The molecule has 0 saturated heterocycles. The molecule has 0 aliphatic rings. The van der Waals surface area contributed by atoms with Gasteiger partial charge in [0.2, 0.25) is 0 Å². The Bertz CT molecular complexity index is 476. The van der Waals surface area contributed by atoms with Crippen molar-refractivity contribution in [3.05, 3.63) is 47.2 Å². The zero-order valence-electron chi connectivity index (χ0n) is 8.84. The quantitative estimate of drug-likeness (QED) is 0.738. The minimum absolute atomic E-state index is 0.247. The topological polar surface area (TPSA) is 52.3 Å². The summed E-state index contributed by atoms with van der Waals surface area (Å²) in [4.78, 5) is 10.7. The highest BCUT2D eigenvalue weighted by atomic mass is 16.5. The van der Waals surface area contributed by atoms with E-state index in [1.165, 1.54) is 0 Å². The molecule has 82 valence electrons. The van der Waals surface area contributed by atoms with Crippen molar-refractivity contribution in [2.45, 2.75) is 13.5 Å². The van der Waals surface area contributed by atoms with Gasteiger partial charge in [0.1, 0.15) is 17.9 Å². The van der Waals surface area contributed by atoms with E-state index in [0.717, 1.165) is 5.56 Å². The number of aldehydes is 1. The lowest BCUT2D eigenvalue weighted by Gasteiger charge is -2.02. The second kappa shape index (κ2) is 4.61. The lowest BCUT2D eigenvalue weighted by molar-refractivity contribution is 0.111. The highest BCUT2D eigenvalue weighted by Crippen LogP contribution is 2.19. The van der Waals surface area contributed by atoms with Crippen molar-refractivity contribution in [3.63, 3.8) is 0 Å². The molecular formula is C12H11NO3. The van der Waals surface area contributed by atoms with E-state index in [1.807, 2.05) is 30.3 Å². The molecule has 1 aromatic carbocycles. The lowest BCUT2D eigenvalue weighted by Crippen LogP contribution is -1.97. The minimum Gasteiger partial charge on any atom is -0.470 e. The first-order valence-corrected chi connectivity index (χ1v) is 4.89. The van der Waals surface area contributed by atoms with Gasteiger partial charge in [-0.15, -0.1) is 0 Å². The Morgan fingerprint density at radius 1 is 1.38 bits per heavy atom. The fraction of sp³-hybridized carbons (Fsp3) is 0.167. The number of carbonyl (C=O) groups excluding carboxylic acids is 1. The summed E-state index contributed by atoms with van der Waals surface area (Å²) >= 11 is 0. The summed E-state index contributed by atoms with van der Waals surface area (Å²) in [6.07, 6.45) is 0.687. The molecule has 4 heteroatoms. The van der Waals surface area contributed by atoms with Gasteiger partial charge in [-0.1, -0.05) is 30.3 Å². The van der Waals surface area contributed by atoms with Crippen LogP contribution >= 0.6 is 0 Å². The van der Waals surface area contributed by atoms with Crippen molar-refractivity contribution < 1.29 is 14.1 Å². The van der Waals surface area contributed by atoms with Gasteiger partial charge in [0.05, 0.1) is 0 Å². The minimum atomic E-state index is 0.247. The summed E-state index contributed by atoms with van der Waals surface area (Å²) in [5, 5.41) is 3.67. The summed E-state index contributed by atoms with van der Waals surface area (Å²) in [5.41, 5.74) is 1.39. The first-order chi connectivity index (χ1) is 7.81. The van der Waals surface area contributed by atoms with Crippen LogP contribution in [0.5, 0.6) is 5.88 Å². The van der Waals surface area contributed by atoms with E-state index in [9.17, 15) is 4.79 Å². The SMILES string of the molecule is Cc1onc(OCc2ccccc2)c1C=O. The van der Waals surface area contributed by atoms with Crippen molar-refractivity contribution in [2.24, 2.45) is 0 Å². The first kappa shape index (κ1) is 10.4. The van der Waals surface area contributed by atoms with Gasteiger partial charge in [0, 0.05) is 0 Å². The van der Waals surface area contributed by atoms with Gasteiger partial charge in [0.15, 0.2) is 6.29 Å². The average molecular weight is 217 g/mol. The fourth-order valence-corrected chi connectivity index (χ4v) is 1.32. The van der Waals surface area contributed by atoms with Crippen LogP contribution in [0.3, 0.4) is 0 Å². The predicted octanol–water partition coefficient (Wildman–Crippen LogP) is 2.37. The molecule has 0 spiro atoms. The van der Waals surface area contributed by atoms with E-state index in [2.05, 4.69) is 5.16 Å². The molecule has 0 N–H and O–H groups in total. The maximum absolute atomic E-state index is 10.7. The zero-order chi connectivity index (χ0) is 11.4. The number of hydrogen-bond donors (Lipinski definition) is 0. The van der Waals surface area contributed by atoms with Crippen LogP contribution in [0.25, 0.3) is 0 Å². The van der Waals surface area contributed by atoms with Crippen LogP contribution in [0, 0.1) is 6.92 Å². The van der Waals surface area contributed by atoms with Gasteiger partial charge in [-0.2, -0.15) is 0 Å². The largest absolute Gasteiger partial charge is 0.470 e. The summed E-state index contributed by atoms with van der Waals surface area (Å²) in [5.74, 6) is 0.717. The number of nitrogens with zero attached hydrogens (tertiary/aromatic N) is 1. The predicted molar refractivity (Wildman–Crippen MR) is 57.4 cm³/mol. The van der Waals surface area contributed by atoms with Gasteiger partial charge in [-0.25, -0.2) is 0 Å². The first-order valence-electron chi connectivity index (χ1n) is 4.89. The molecule has 0 aliphatic carbocycles. The molecule has 1 heterocycles. The highest BCUT2D eigenvalue weighted by Gasteiger charge is 2.12. The molecule has 16 heavy (non-hydrogen) atoms. The van der Waals surface area contributed by atoms with Crippen molar-refractivity contribution in [1.29, 1.82) is 0 Å². The van der Waals surface area contributed by atoms with E-state index in [4.69, 9.17) is 9.26 Å². The second-order valence-electron chi connectivity index (χ2n) is 3.35. The lowest BCUT2D eigenvalue weighted by atomic mass is 10.2. The Labute approximate surface area is 92.8 Å². The molecule has 0 atom stereocenters. The summed E-state index contributed by atoms with van der Waals surface area (Å²) in [6.45, 7) is 2.04. The van der Waals surface area contributed by atoms with Crippen LogP contribution in [-0.2, 0) is 6.61 Å². The molecule has 0 aliphatic heterocycles. The van der Waals surface area contributed by atoms with E-state index < -0.39 is 0 Å². The summed E-state index contributed by atoms with van der Waals surface area (Å²) in [6, 6.07) is 9.66. The van der Waals surface area contributed by atoms with E-state index in [0.29, 0.717) is 24.2 Å². The van der Waals surface area contributed by atoms with Crippen LogP contribution in [0.15, 0.2) is 34.9 Å². The Morgan fingerprint density at radius 2 is 2.12 bits per heavy atom. The fourth-order valence-electron chi connectivity index (χ4n) is 1.32. The molecule has 0 radical (unpaired) electrons. The third kappa shape index (κ3) is 2.11. The van der Waals surface area contributed by atoms with E-state index in [1.54, 1.807) is 6.92 Å². The van der Waals surface area contributed by atoms with Crippen molar-refractivity contribution in [1.82, 2.24) is 5.16 Å². The number of aromatic nitrogens is 1. The number of carbonyl (C=O) groups is 1. The summed E-state index contributed by atoms with van der Waals surface area (Å²) in [7, 11) is 0. The molecule has 0 unspecified atom stereocenters. The van der Waals surface area contributed by atoms with Gasteiger partial charge in [-0.3, -0.25) is 4.79 Å². The second-order valence-corrected chi connectivity index (χ2v) is 3.35. The third-order valence-corrected chi connectivity index (χ3v) is 2.21. The number of rotatable bonds is 4. The number of benzene rings is 1. The Morgan fingerprint density at radius 3 is 2.81 bits per heavy atom. The highest BCUT2D eigenvalue weighted by molar-refractivity contribution is 5.79. The number of aryl methyl sites for hydroxylation is 1. The van der Waals surface area contributed by atoms with Gasteiger partial charge in [0.25, 0.3) is 5.88 Å². The van der Waals surface area contributed by atoms with Crippen LogP contribution in [-0.4, -0.2) is 11.4 Å². The Hall–Kier alpha value is -2.10. The van der Waals surface area contributed by atoms with Crippen molar-refractivity contribution in [2.75, 3.05) is 0 Å². The van der Waals surface area contributed by atoms with Crippen LogP contribution in [0.2, 0.25) is 0 Å². The molecule has 0 bridgehead atoms. The van der Waals surface area contributed by atoms with Crippen LogP contribution < -0.4 is 4.74 Å². The monoisotopic (exact) mass is 217 g/mol. The van der Waals surface area contributed by atoms with Crippen LogP contribution in [0.1, 0.15) is 21.7 Å². The van der Waals surface area contributed by atoms with Gasteiger partial charge < -0.3 is 9.26 Å². The standard InChI is InChI=1S/C12H11NO3/c1-9-11(7-14)12(13-16-9)15-8-10-5-3-2-4-6-10/h2-7H,8H2,1H3.